The molecule has 3 rings (SSSR count). The van der Waals surface area contributed by atoms with Crippen LogP contribution in [0.5, 0.6) is 0 Å². The Labute approximate surface area is 114 Å². The van der Waals surface area contributed by atoms with Gasteiger partial charge in [-0.15, -0.1) is 0 Å². The molecule has 0 aromatic heterocycles. The van der Waals surface area contributed by atoms with Gasteiger partial charge in [-0.1, -0.05) is 37.3 Å². The Morgan fingerprint density at radius 3 is 2.58 bits per heavy atom. The number of benzene rings is 1. The van der Waals surface area contributed by atoms with Gasteiger partial charge in [-0.25, -0.2) is 0 Å². The molecule has 2 fully saturated rings. The highest BCUT2D eigenvalue weighted by Gasteiger charge is 2.44. The molecule has 1 saturated heterocycles. The summed E-state index contributed by atoms with van der Waals surface area (Å²) >= 11 is 0. The van der Waals surface area contributed by atoms with Crippen LogP contribution in [0, 0.1) is 11.8 Å². The van der Waals surface area contributed by atoms with Gasteiger partial charge in [0.15, 0.2) is 0 Å². The van der Waals surface area contributed by atoms with E-state index >= 15 is 0 Å². The summed E-state index contributed by atoms with van der Waals surface area (Å²) in [4.78, 5) is 12.1. The highest BCUT2D eigenvalue weighted by molar-refractivity contribution is 5.79. The SMILES string of the molecule is CC(C(=O)NCC1(c2ccccc2)CC1)C1CNC1. The Bertz CT molecular complexity index is 449. The molecule has 1 atom stereocenters. The molecule has 0 spiro atoms. The molecule has 3 heteroatoms. The second-order valence-electron chi connectivity index (χ2n) is 6.07. The van der Waals surface area contributed by atoms with E-state index in [1.165, 1.54) is 18.4 Å². The first-order valence-corrected chi connectivity index (χ1v) is 7.25. The van der Waals surface area contributed by atoms with Crippen LogP contribution in [0.15, 0.2) is 30.3 Å². The summed E-state index contributed by atoms with van der Waals surface area (Å²) in [6.45, 7) is 4.81. The molecule has 1 amide bonds. The molecule has 2 N–H and O–H groups in total. The van der Waals surface area contributed by atoms with Crippen LogP contribution >= 0.6 is 0 Å². The fourth-order valence-electron chi connectivity index (χ4n) is 2.81. The minimum atomic E-state index is 0.132. The summed E-state index contributed by atoms with van der Waals surface area (Å²) in [5, 5.41) is 6.39. The zero-order valence-electron chi connectivity index (χ0n) is 11.5. The maximum absolute atomic E-state index is 12.1. The highest BCUT2D eigenvalue weighted by Crippen LogP contribution is 2.47. The van der Waals surface area contributed by atoms with E-state index in [-0.39, 0.29) is 17.2 Å². The molecule has 0 bridgehead atoms. The monoisotopic (exact) mass is 258 g/mol. The second kappa shape index (κ2) is 4.97. The van der Waals surface area contributed by atoms with E-state index in [9.17, 15) is 4.79 Å². The Morgan fingerprint density at radius 2 is 2.05 bits per heavy atom. The number of carbonyl (C=O) groups is 1. The first-order chi connectivity index (χ1) is 9.21. The lowest BCUT2D eigenvalue weighted by Gasteiger charge is -2.32. The molecule has 102 valence electrons. The summed E-state index contributed by atoms with van der Waals surface area (Å²) in [5.41, 5.74) is 1.59. The Kier molecular flexibility index (Phi) is 3.31. The fraction of sp³-hybridized carbons (Fsp3) is 0.562. The van der Waals surface area contributed by atoms with Crippen molar-refractivity contribution in [2.45, 2.75) is 25.2 Å². The molecular formula is C16H22N2O. The summed E-state index contributed by atoms with van der Waals surface area (Å²) in [6, 6.07) is 10.6. The summed E-state index contributed by atoms with van der Waals surface area (Å²) in [5.74, 6) is 0.869. The fourth-order valence-corrected chi connectivity index (χ4v) is 2.81. The largest absolute Gasteiger partial charge is 0.355 e. The van der Waals surface area contributed by atoms with Crippen molar-refractivity contribution in [3.05, 3.63) is 35.9 Å². The second-order valence-corrected chi connectivity index (χ2v) is 6.07. The van der Waals surface area contributed by atoms with Gasteiger partial charge >= 0.3 is 0 Å². The smallest absolute Gasteiger partial charge is 0.223 e. The maximum Gasteiger partial charge on any atom is 0.223 e. The zero-order chi connectivity index (χ0) is 13.3. The normalized spacial score (nSPS) is 22.4. The van der Waals surface area contributed by atoms with Gasteiger partial charge in [0, 0.05) is 17.9 Å². The van der Waals surface area contributed by atoms with Crippen LogP contribution in [-0.4, -0.2) is 25.5 Å². The molecule has 1 unspecified atom stereocenters. The van der Waals surface area contributed by atoms with Crippen molar-refractivity contribution in [2.75, 3.05) is 19.6 Å². The van der Waals surface area contributed by atoms with Crippen LogP contribution in [0.4, 0.5) is 0 Å². The molecular weight excluding hydrogens is 236 g/mol. The van der Waals surface area contributed by atoms with E-state index in [1.54, 1.807) is 0 Å². The van der Waals surface area contributed by atoms with Crippen LogP contribution in [0.1, 0.15) is 25.3 Å². The lowest BCUT2D eigenvalue weighted by Crippen LogP contribution is -2.50. The van der Waals surface area contributed by atoms with Gasteiger partial charge in [0.05, 0.1) is 0 Å². The topological polar surface area (TPSA) is 41.1 Å². The van der Waals surface area contributed by atoms with E-state index < -0.39 is 0 Å². The Balaban J connectivity index is 1.56. The number of nitrogens with one attached hydrogen (secondary N) is 2. The van der Waals surface area contributed by atoms with Crippen LogP contribution in [0.25, 0.3) is 0 Å². The number of amides is 1. The third-order valence-corrected chi connectivity index (χ3v) is 4.77. The van der Waals surface area contributed by atoms with Crippen LogP contribution in [0.3, 0.4) is 0 Å². The molecule has 0 radical (unpaired) electrons. The maximum atomic E-state index is 12.1. The van der Waals surface area contributed by atoms with Crippen molar-refractivity contribution in [3.8, 4) is 0 Å². The highest BCUT2D eigenvalue weighted by atomic mass is 16.1. The number of hydrogen-bond donors (Lipinski definition) is 2. The van der Waals surface area contributed by atoms with Crippen molar-refractivity contribution in [3.63, 3.8) is 0 Å². The molecule has 1 aromatic carbocycles. The van der Waals surface area contributed by atoms with Crippen molar-refractivity contribution < 1.29 is 4.79 Å². The molecule has 2 aliphatic rings. The quantitative estimate of drug-likeness (QED) is 0.844. The van der Waals surface area contributed by atoms with Gasteiger partial charge in [-0.05, 0) is 37.4 Å². The van der Waals surface area contributed by atoms with Gasteiger partial charge < -0.3 is 10.6 Å². The lowest BCUT2D eigenvalue weighted by atomic mass is 9.88. The predicted molar refractivity (Wildman–Crippen MR) is 75.9 cm³/mol. The molecule has 1 saturated carbocycles. The van der Waals surface area contributed by atoms with E-state index in [0.29, 0.717) is 5.92 Å². The first kappa shape index (κ1) is 12.7. The molecule has 1 heterocycles. The summed E-state index contributed by atoms with van der Waals surface area (Å²) < 4.78 is 0. The van der Waals surface area contributed by atoms with Crippen molar-refractivity contribution in [1.29, 1.82) is 0 Å². The number of carbonyl (C=O) groups excluding carboxylic acids is 1. The van der Waals surface area contributed by atoms with E-state index in [1.807, 2.05) is 13.0 Å². The van der Waals surface area contributed by atoms with Gasteiger partial charge in [-0.2, -0.15) is 0 Å². The molecule has 1 aromatic rings. The average molecular weight is 258 g/mol. The summed E-state index contributed by atoms with van der Waals surface area (Å²) in [6.07, 6.45) is 2.38. The van der Waals surface area contributed by atoms with E-state index in [2.05, 4.69) is 34.9 Å². The molecule has 1 aliphatic heterocycles. The van der Waals surface area contributed by atoms with Gasteiger partial charge in [0.1, 0.15) is 0 Å². The molecule has 1 aliphatic carbocycles. The third kappa shape index (κ3) is 2.52. The molecule has 19 heavy (non-hydrogen) atoms. The predicted octanol–water partition coefficient (Wildman–Crippen LogP) is 1.69. The minimum absolute atomic E-state index is 0.132. The van der Waals surface area contributed by atoms with Gasteiger partial charge in [0.2, 0.25) is 5.91 Å². The minimum Gasteiger partial charge on any atom is -0.355 e. The van der Waals surface area contributed by atoms with Crippen molar-refractivity contribution >= 4 is 5.91 Å². The number of rotatable bonds is 5. The molecule has 3 nitrogen and oxygen atoms in total. The summed E-state index contributed by atoms with van der Waals surface area (Å²) in [7, 11) is 0. The first-order valence-electron chi connectivity index (χ1n) is 7.25. The van der Waals surface area contributed by atoms with Crippen LogP contribution < -0.4 is 10.6 Å². The lowest BCUT2D eigenvalue weighted by molar-refractivity contribution is -0.126. The van der Waals surface area contributed by atoms with Crippen molar-refractivity contribution in [1.82, 2.24) is 10.6 Å². The zero-order valence-corrected chi connectivity index (χ0v) is 11.5. The standard InChI is InChI=1S/C16H22N2O/c1-12(13-9-17-10-13)15(19)18-11-16(7-8-16)14-5-3-2-4-6-14/h2-6,12-13,17H,7-11H2,1H3,(H,18,19). The Hall–Kier alpha value is -1.35. The number of hydrogen-bond acceptors (Lipinski definition) is 2. The van der Waals surface area contributed by atoms with E-state index in [4.69, 9.17) is 0 Å². The van der Waals surface area contributed by atoms with Crippen LogP contribution in [-0.2, 0) is 10.2 Å². The average Bonchev–Trinajstić information content (AvgIpc) is 3.16. The van der Waals surface area contributed by atoms with E-state index in [0.717, 1.165) is 19.6 Å². The van der Waals surface area contributed by atoms with Crippen molar-refractivity contribution in [2.24, 2.45) is 11.8 Å². The third-order valence-electron chi connectivity index (χ3n) is 4.77. The van der Waals surface area contributed by atoms with Crippen LogP contribution in [0.2, 0.25) is 0 Å². The van der Waals surface area contributed by atoms with Gasteiger partial charge in [-0.3, -0.25) is 4.79 Å². The Morgan fingerprint density at radius 1 is 1.37 bits per heavy atom. The van der Waals surface area contributed by atoms with Gasteiger partial charge in [0.25, 0.3) is 0 Å².